The zero-order valence-electron chi connectivity index (χ0n) is 25.3. The van der Waals surface area contributed by atoms with Crippen molar-refractivity contribution in [2.75, 3.05) is 16.8 Å². The first kappa shape index (κ1) is 29.4. The second-order valence-corrected chi connectivity index (χ2v) is 12.8. The van der Waals surface area contributed by atoms with Crippen molar-refractivity contribution in [3.8, 4) is 22.5 Å². The molecule has 3 aromatic heterocycles. The molecule has 234 valence electrons. The van der Waals surface area contributed by atoms with Gasteiger partial charge in [-0.25, -0.2) is 4.98 Å². The van der Waals surface area contributed by atoms with Crippen LogP contribution in [0.5, 0.6) is 0 Å². The Hall–Kier alpha value is -4.32. The predicted molar refractivity (Wildman–Crippen MR) is 164 cm³/mol. The molecule has 2 saturated carbocycles. The summed E-state index contributed by atoms with van der Waals surface area (Å²) in [6.07, 6.45) is 6.86. The van der Waals surface area contributed by atoms with Crippen molar-refractivity contribution in [1.29, 1.82) is 0 Å². The molecule has 0 bridgehead atoms. The fraction of sp³-hybridized carbons (Fsp3) is 0.424. The highest BCUT2D eigenvalue weighted by Crippen LogP contribution is 2.41. The van der Waals surface area contributed by atoms with E-state index in [2.05, 4.69) is 32.7 Å². The van der Waals surface area contributed by atoms with E-state index in [1.165, 1.54) is 23.8 Å². The lowest BCUT2D eigenvalue weighted by Crippen LogP contribution is -2.47. The summed E-state index contributed by atoms with van der Waals surface area (Å²) in [5.74, 6) is 1.64. The summed E-state index contributed by atoms with van der Waals surface area (Å²) in [4.78, 5) is 24.3. The van der Waals surface area contributed by atoms with Crippen LogP contribution in [0.15, 0.2) is 49.1 Å². The molecule has 1 aliphatic heterocycles. The third-order valence-corrected chi connectivity index (χ3v) is 9.31. The van der Waals surface area contributed by atoms with Crippen molar-refractivity contribution in [2.24, 2.45) is 13.0 Å². The summed E-state index contributed by atoms with van der Waals surface area (Å²) >= 11 is 0. The minimum Gasteiger partial charge on any atom is -0.370 e. The summed E-state index contributed by atoms with van der Waals surface area (Å²) in [6.45, 7) is 2.81. The molecule has 4 aromatic rings. The highest BCUT2D eigenvalue weighted by Gasteiger charge is 2.41. The Balaban J connectivity index is 1.27. The molecule has 4 heterocycles. The van der Waals surface area contributed by atoms with E-state index < -0.39 is 17.6 Å². The molecule has 2 fully saturated rings. The van der Waals surface area contributed by atoms with Gasteiger partial charge in [0.05, 0.1) is 12.1 Å². The summed E-state index contributed by atoms with van der Waals surface area (Å²) < 4.78 is 45.0. The van der Waals surface area contributed by atoms with Crippen LogP contribution in [0, 0.1) is 5.92 Å². The van der Waals surface area contributed by atoms with Gasteiger partial charge in [-0.1, -0.05) is 12.8 Å². The maximum Gasteiger partial charge on any atom is 0.416 e. The van der Waals surface area contributed by atoms with Crippen molar-refractivity contribution < 1.29 is 18.0 Å². The second kappa shape index (κ2) is 11.2. The van der Waals surface area contributed by atoms with Gasteiger partial charge in [0.2, 0.25) is 0 Å². The molecule has 1 aromatic carbocycles. The zero-order valence-corrected chi connectivity index (χ0v) is 25.3. The van der Waals surface area contributed by atoms with Crippen LogP contribution >= 0.6 is 0 Å². The number of aryl methyl sites for hydroxylation is 1. The van der Waals surface area contributed by atoms with E-state index in [1.807, 2.05) is 19.2 Å². The largest absolute Gasteiger partial charge is 0.416 e. The molecule has 0 atom stereocenters. The van der Waals surface area contributed by atoms with Crippen LogP contribution in [-0.2, 0) is 26.3 Å². The van der Waals surface area contributed by atoms with Gasteiger partial charge < -0.3 is 15.2 Å². The zero-order chi connectivity index (χ0) is 31.3. The van der Waals surface area contributed by atoms with Gasteiger partial charge in [0, 0.05) is 54.8 Å². The molecule has 7 rings (SSSR count). The van der Waals surface area contributed by atoms with Gasteiger partial charge in [0.15, 0.2) is 5.82 Å². The number of hydrogen-bond donors (Lipinski definition) is 2. The minimum absolute atomic E-state index is 0.0253. The number of alkyl halides is 3. The number of halogens is 3. The number of rotatable bonds is 10. The molecule has 0 radical (unpaired) electrons. The van der Waals surface area contributed by atoms with Crippen LogP contribution < -0.4 is 15.5 Å². The molecule has 2 N–H and O–H groups in total. The molecule has 0 saturated heterocycles. The van der Waals surface area contributed by atoms with E-state index in [0.717, 1.165) is 36.8 Å². The fourth-order valence-electron chi connectivity index (χ4n) is 6.27. The Morgan fingerprint density at radius 2 is 1.91 bits per heavy atom. The van der Waals surface area contributed by atoms with Gasteiger partial charge in [-0.3, -0.25) is 14.7 Å². The van der Waals surface area contributed by atoms with Crippen molar-refractivity contribution in [3.63, 3.8) is 0 Å². The fourth-order valence-corrected chi connectivity index (χ4v) is 6.27. The number of hydrogen-bond acceptors (Lipinski definition) is 7. The first-order valence-electron chi connectivity index (χ1n) is 15.4. The molecule has 9 nitrogen and oxygen atoms in total. The molecule has 0 spiro atoms. The average molecular weight is 617 g/mol. The summed E-state index contributed by atoms with van der Waals surface area (Å²) in [5.41, 5.74) is 1.84. The molecular formula is C33H35F3N8O. The van der Waals surface area contributed by atoms with Crippen LogP contribution in [0.3, 0.4) is 0 Å². The number of nitrogens with one attached hydrogen (secondary N) is 2. The van der Waals surface area contributed by atoms with Gasteiger partial charge in [-0.2, -0.15) is 13.2 Å². The number of benzene rings is 1. The molecule has 0 unspecified atom stereocenters. The molecular weight excluding hydrogens is 581 g/mol. The van der Waals surface area contributed by atoms with E-state index in [9.17, 15) is 18.0 Å². The number of pyridine rings is 2. The number of amides is 1. The van der Waals surface area contributed by atoms with Crippen molar-refractivity contribution in [2.45, 2.75) is 70.3 Å². The molecule has 2 aliphatic carbocycles. The van der Waals surface area contributed by atoms with E-state index in [-0.39, 0.29) is 35.6 Å². The van der Waals surface area contributed by atoms with Crippen LogP contribution in [0.25, 0.3) is 22.5 Å². The normalized spacial score (nSPS) is 17.4. The Kier molecular flexibility index (Phi) is 7.34. The molecule has 45 heavy (non-hydrogen) atoms. The third-order valence-electron chi connectivity index (χ3n) is 9.31. The van der Waals surface area contributed by atoms with Gasteiger partial charge in [0.1, 0.15) is 18.0 Å². The topological polar surface area (TPSA) is 101 Å². The number of carbonyl (C=O) groups is 1. The quantitative estimate of drug-likeness (QED) is 0.214. The van der Waals surface area contributed by atoms with Crippen molar-refractivity contribution in [1.82, 2.24) is 30.0 Å². The van der Waals surface area contributed by atoms with Crippen LogP contribution in [0.2, 0.25) is 0 Å². The SMILES string of the molecule is Cn1cnnc1-c1ccncc1-c1cc(NCCC2CC2)nc(N2Cc3c(cc(CNC4(C)CCC4)cc3C(F)(F)F)C2=O)c1. The Morgan fingerprint density at radius 1 is 1.09 bits per heavy atom. The van der Waals surface area contributed by atoms with E-state index >= 15 is 0 Å². The second-order valence-electron chi connectivity index (χ2n) is 12.8. The maximum absolute atomic E-state index is 14.4. The van der Waals surface area contributed by atoms with Gasteiger partial charge in [-0.15, -0.1) is 10.2 Å². The number of aromatic nitrogens is 5. The summed E-state index contributed by atoms with van der Waals surface area (Å²) in [7, 11) is 1.84. The summed E-state index contributed by atoms with van der Waals surface area (Å²) in [6, 6.07) is 8.24. The van der Waals surface area contributed by atoms with E-state index in [1.54, 1.807) is 35.4 Å². The van der Waals surface area contributed by atoms with Crippen LogP contribution in [0.1, 0.15) is 72.5 Å². The molecule has 1 amide bonds. The smallest absolute Gasteiger partial charge is 0.370 e. The van der Waals surface area contributed by atoms with Gasteiger partial charge in [0.25, 0.3) is 5.91 Å². The first-order valence-corrected chi connectivity index (χ1v) is 15.4. The Morgan fingerprint density at radius 3 is 2.60 bits per heavy atom. The number of fused-ring (bicyclic) bond motifs is 1. The van der Waals surface area contributed by atoms with Crippen LogP contribution in [-0.4, -0.2) is 42.7 Å². The van der Waals surface area contributed by atoms with Crippen LogP contribution in [0.4, 0.5) is 24.8 Å². The van der Waals surface area contributed by atoms with E-state index in [0.29, 0.717) is 35.2 Å². The highest BCUT2D eigenvalue weighted by molar-refractivity contribution is 6.10. The molecule has 12 heteroatoms. The Bertz CT molecular complexity index is 1760. The highest BCUT2D eigenvalue weighted by atomic mass is 19.4. The first-order chi connectivity index (χ1) is 21.6. The average Bonchev–Trinajstić information content (AvgIpc) is 3.64. The standard InChI is InChI=1S/C33H35F3N8O/c1-32(8-3-9-32)39-16-21-12-24-26(27(13-21)33(34,35)36)18-44(31(24)45)29-15-22(14-28(41-29)38-11-6-20-4-5-20)25-17-37-10-7-23(25)30-42-40-19-43(30)2/h7,10,12-15,17,19-20,39H,3-6,8-9,11,16,18H2,1-2H3,(H,38,41). The number of nitrogens with zero attached hydrogens (tertiary/aromatic N) is 6. The predicted octanol–water partition coefficient (Wildman–Crippen LogP) is 6.36. The van der Waals surface area contributed by atoms with Crippen molar-refractivity contribution in [3.05, 3.63) is 71.3 Å². The third kappa shape index (κ3) is 5.90. The Labute approximate surface area is 259 Å². The minimum atomic E-state index is -4.61. The van der Waals surface area contributed by atoms with Gasteiger partial charge in [-0.05, 0) is 85.5 Å². The lowest BCUT2D eigenvalue weighted by atomic mass is 9.78. The lowest BCUT2D eigenvalue weighted by molar-refractivity contribution is -0.138. The molecule has 3 aliphatic rings. The van der Waals surface area contributed by atoms with E-state index in [4.69, 9.17) is 4.98 Å². The number of anilines is 2. The van der Waals surface area contributed by atoms with Gasteiger partial charge >= 0.3 is 6.18 Å². The lowest BCUT2D eigenvalue weighted by Gasteiger charge is -2.39. The summed E-state index contributed by atoms with van der Waals surface area (Å²) in [5, 5.41) is 15.1. The monoisotopic (exact) mass is 616 g/mol. The maximum atomic E-state index is 14.4. The van der Waals surface area contributed by atoms with Crippen molar-refractivity contribution >= 4 is 17.5 Å². The number of carbonyl (C=O) groups excluding carboxylic acids is 1.